The summed E-state index contributed by atoms with van der Waals surface area (Å²) in [6, 6.07) is 11.9. The number of carboxylic acids is 1. The highest BCUT2D eigenvalue weighted by atomic mass is 16.5. The molecule has 12 heteroatoms. The number of aromatic nitrogens is 1. The molecule has 44 heavy (non-hydrogen) atoms. The van der Waals surface area contributed by atoms with Crippen molar-refractivity contribution in [2.75, 3.05) is 0 Å². The van der Waals surface area contributed by atoms with E-state index in [9.17, 15) is 29.1 Å². The second kappa shape index (κ2) is 15.7. The molecule has 0 saturated heterocycles. The molecule has 0 bridgehead atoms. The average molecular weight is 608 g/mol. The third-order valence-corrected chi connectivity index (χ3v) is 7.15. The van der Waals surface area contributed by atoms with Crippen molar-refractivity contribution in [2.45, 2.75) is 71.3 Å². The summed E-state index contributed by atoms with van der Waals surface area (Å²) in [6.07, 6.45) is 1.24. The van der Waals surface area contributed by atoms with E-state index < -0.39 is 72.1 Å². The first kappa shape index (κ1) is 33.8. The first-order chi connectivity index (χ1) is 20.9. The Balaban J connectivity index is 1.66. The number of aromatic amines is 1. The summed E-state index contributed by atoms with van der Waals surface area (Å²) in [6.45, 7) is 6.78. The van der Waals surface area contributed by atoms with E-state index in [1.54, 1.807) is 58.2 Å². The topological polar surface area (TPSA) is 193 Å². The highest BCUT2D eigenvalue weighted by Crippen LogP contribution is 2.19. The standard InChI is InChI=1S/C32H41N5O7/c1-18(2)27(36-29(40)23(33)14-21-16-34-24-13-9-8-12-22(21)24)31(42)35-25(15-26(38)39)30(41)37-28(19(3)4)32(43)44-17-20-10-6-5-7-11-20/h5-13,16,18-19,23,25,27-28,34H,14-15,17,33H2,1-4H3,(H,35,42)(H,36,40)(H,37,41)(H,38,39)/t23-,25-,27-,28-/m0/s1. The Bertz CT molecular complexity index is 1450. The molecule has 0 unspecified atom stereocenters. The largest absolute Gasteiger partial charge is 0.481 e. The molecule has 0 aliphatic heterocycles. The van der Waals surface area contributed by atoms with Gasteiger partial charge >= 0.3 is 11.9 Å². The maximum absolute atomic E-state index is 13.3. The number of nitrogens with two attached hydrogens (primary N) is 1. The molecule has 0 aliphatic carbocycles. The molecule has 4 atom stereocenters. The number of carboxylic acid groups (broad SMARTS) is 1. The van der Waals surface area contributed by atoms with Crippen LogP contribution in [0, 0.1) is 11.8 Å². The first-order valence-corrected chi connectivity index (χ1v) is 14.5. The Morgan fingerprint density at radius 2 is 1.43 bits per heavy atom. The molecule has 7 N–H and O–H groups in total. The molecule has 12 nitrogen and oxygen atoms in total. The van der Waals surface area contributed by atoms with Gasteiger partial charge in [0.1, 0.15) is 24.7 Å². The number of benzene rings is 2. The summed E-state index contributed by atoms with van der Waals surface area (Å²) in [5.41, 5.74) is 8.70. The number of carbonyl (C=O) groups is 5. The summed E-state index contributed by atoms with van der Waals surface area (Å²) in [5.74, 6) is -5.08. The summed E-state index contributed by atoms with van der Waals surface area (Å²) in [4.78, 5) is 67.1. The van der Waals surface area contributed by atoms with Crippen LogP contribution >= 0.6 is 0 Å². The smallest absolute Gasteiger partial charge is 0.329 e. The van der Waals surface area contributed by atoms with Crippen LogP contribution in [0.15, 0.2) is 60.8 Å². The van der Waals surface area contributed by atoms with E-state index in [2.05, 4.69) is 20.9 Å². The molecule has 3 amide bonds. The van der Waals surface area contributed by atoms with Crippen LogP contribution in [0.25, 0.3) is 10.9 Å². The van der Waals surface area contributed by atoms with Gasteiger partial charge in [-0.1, -0.05) is 76.2 Å². The van der Waals surface area contributed by atoms with Crippen LogP contribution in [-0.4, -0.2) is 63.9 Å². The van der Waals surface area contributed by atoms with Crippen molar-refractivity contribution in [3.63, 3.8) is 0 Å². The number of carbonyl (C=O) groups excluding carboxylic acids is 4. The number of esters is 1. The summed E-state index contributed by atoms with van der Waals surface area (Å²) < 4.78 is 5.37. The lowest BCUT2D eigenvalue weighted by molar-refractivity contribution is -0.151. The maximum atomic E-state index is 13.3. The number of H-pyrrole nitrogens is 1. The van der Waals surface area contributed by atoms with Crippen molar-refractivity contribution in [2.24, 2.45) is 17.6 Å². The van der Waals surface area contributed by atoms with Gasteiger partial charge in [0.15, 0.2) is 0 Å². The second-order valence-electron chi connectivity index (χ2n) is 11.4. The molecule has 2 aromatic carbocycles. The van der Waals surface area contributed by atoms with Crippen molar-refractivity contribution in [1.29, 1.82) is 0 Å². The van der Waals surface area contributed by atoms with Gasteiger partial charge in [0, 0.05) is 17.1 Å². The molecule has 0 fully saturated rings. The first-order valence-electron chi connectivity index (χ1n) is 14.5. The van der Waals surface area contributed by atoms with Crippen LogP contribution in [0.1, 0.15) is 45.2 Å². The van der Waals surface area contributed by atoms with Crippen molar-refractivity contribution < 1.29 is 33.8 Å². The zero-order valence-electron chi connectivity index (χ0n) is 25.3. The Kier molecular flexibility index (Phi) is 12.0. The fourth-order valence-electron chi connectivity index (χ4n) is 4.64. The molecule has 236 valence electrons. The number of rotatable bonds is 15. The molecule has 1 heterocycles. The van der Waals surface area contributed by atoms with Crippen LogP contribution in [0.3, 0.4) is 0 Å². The van der Waals surface area contributed by atoms with Gasteiger partial charge in [-0.25, -0.2) is 4.79 Å². The highest BCUT2D eigenvalue weighted by molar-refractivity contribution is 5.96. The number of para-hydroxylation sites is 1. The van der Waals surface area contributed by atoms with Gasteiger partial charge in [-0.2, -0.15) is 0 Å². The lowest BCUT2D eigenvalue weighted by Gasteiger charge is -2.27. The van der Waals surface area contributed by atoms with E-state index >= 15 is 0 Å². The van der Waals surface area contributed by atoms with Crippen molar-refractivity contribution in [3.8, 4) is 0 Å². The molecule has 0 radical (unpaired) electrons. The highest BCUT2D eigenvalue weighted by Gasteiger charge is 2.34. The van der Waals surface area contributed by atoms with Gasteiger partial charge in [0.25, 0.3) is 0 Å². The van der Waals surface area contributed by atoms with E-state index in [-0.39, 0.29) is 13.0 Å². The zero-order valence-corrected chi connectivity index (χ0v) is 25.3. The number of ether oxygens (including phenoxy) is 1. The van der Waals surface area contributed by atoms with Crippen LogP contribution in [0.2, 0.25) is 0 Å². The van der Waals surface area contributed by atoms with Gasteiger partial charge in [0.05, 0.1) is 12.5 Å². The molecule has 3 aromatic rings. The zero-order chi connectivity index (χ0) is 32.4. The van der Waals surface area contributed by atoms with Gasteiger partial charge in [-0.3, -0.25) is 19.2 Å². The number of aliphatic carboxylic acids is 1. The Hall–Kier alpha value is -4.71. The SMILES string of the molecule is CC(C)[C@H](NC(=O)[C@@H](N)Cc1c[nH]c2ccccc12)C(=O)N[C@@H](CC(=O)O)C(=O)N[C@H](C(=O)OCc1ccccc1)C(C)C. The molecule has 3 rings (SSSR count). The number of nitrogens with one attached hydrogen (secondary N) is 4. The quantitative estimate of drug-likeness (QED) is 0.141. The minimum absolute atomic E-state index is 0.00767. The third kappa shape index (κ3) is 9.40. The fourth-order valence-corrected chi connectivity index (χ4v) is 4.64. The molecular formula is C32H41N5O7. The van der Waals surface area contributed by atoms with Crippen molar-refractivity contribution in [3.05, 3.63) is 71.9 Å². The summed E-state index contributed by atoms with van der Waals surface area (Å²) >= 11 is 0. The molecule has 0 spiro atoms. The number of hydrogen-bond acceptors (Lipinski definition) is 7. The fraction of sp³-hybridized carbons (Fsp3) is 0.406. The summed E-state index contributed by atoms with van der Waals surface area (Å²) in [5, 5.41) is 18.0. The van der Waals surface area contributed by atoms with Crippen LogP contribution < -0.4 is 21.7 Å². The maximum Gasteiger partial charge on any atom is 0.329 e. The van der Waals surface area contributed by atoms with Crippen LogP contribution in [0.4, 0.5) is 0 Å². The van der Waals surface area contributed by atoms with Gasteiger partial charge < -0.3 is 36.5 Å². The molecular weight excluding hydrogens is 566 g/mol. The van der Waals surface area contributed by atoms with E-state index in [1.165, 1.54) is 0 Å². The van der Waals surface area contributed by atoms with Crippen molar-refractivity contribution >= 4 is 40.6 Å². The Labute approximate surface area is 256 Å². The molecule has 0 saturated carbocycles. The lowest BCUT2D eigenvalue weighted by atomic mass is 10.00. The van der Waals surface area contributed by atoms with Gasteiger partial charge in [-0.05, 0) is 35.4 Å². The van der Waals surface area contributed by atoms with Gasteiger partial charge in [0.2, 0.25) is 17.7 Å². The van der Waals surface area contributed by atoms with E-state index in [0.29, 0.717) is 0 Å². The average Bonchev–Trinajstić information content (AvgIpc) is 3.39. The number of amides is 3. The minimum atomic E-state index is -1.53. The van der Waals surface area contributed by atoms with Crippen LogP contribution in [-0.2, 0) is 41.7 Å². The Morgan fingerprint density at radius 3 is 2.07 bits per heavy atom. The minimum Gasteiger partial charge on any atom is -0.481 e. The predicted octanol–water partition coefficient (Wildman–Crippen LogP) is 2.02. The molecule has 1 aromatic heterocycles. The predicted molar refractivity (Wildman–Crippen MR) is 164 cm³/mol. The van der Waals surface area contributed by atoms with Crippen molar-refractivity contribution in [1.82, 2.24) is 20.9 Å². The third-order valence-electron chi connectivity index (χ3n) is 7.15. The van der Waals surface area contributed by atoms with E-state index in [1.807, 2.05) is 30.3 Å². The molecule has 0 aliphatic rings. The normalized spacial score (nSPS) is 14.0. The number of fused-ring (bicyclic) bond motifs is 1. The second-order valence-corrected chi connectivity index (χ2v) is 11.4. The number of hydrogen-bond donors (Lipinski definition) is 6. The van der Waals surface area contributed by atoms with E-state index in [0.717, 1.165) is 22.0 Å². The summed E-state index contributed by atoms with van der Waals surface area (Å²) in [7, 11) is 0. The monoisotopic (exact) mass is 607 g/mol. The van der Waals surface area contributed by atoms with Crippen LogP contribution in [0.5, 0.6) is 0 Å². The lowest BCUT2D eigenvalue weighted by Crippen LogP contribution is -2.59. The van der Waals surface area contributed by atoms with Gasteiger partial charge in [-0.15, -0.1) is 0 Å². The Morgan fingerprint density at radius 1 is 0.818 bits per heavy atom. The van der Waals surface area contributed by atoms with E-state index in [4.69, 9.17) is 10.5 Å².